The number of rotatable bonds is 4. The van der Waals surface area contributed by atoms with Gasteiger partial charge in [0.1, 0.15) is 12.2 Å². The van der Waals surface area contributed by atoms with Crippen LogP contribution in [0.15, 0.2) is 6.33 Å². The monoisotopic (exact) mass is 210 g/mol. The molecule has 1 saturated heterocycles. The summed E-state index contributed by atoms with van der Waals surface area (Å²) in [4.78, 5) is 6.59. The van der Waals surface area contributed by atoms with E-state index in [4.69, 9.17) is 5.11 Å². The molecule has 1 aliphatic heterocycles. The van der Waals surface area contributed by atoms with Gasteiger partial charge in [0.2, 0.25) is 0 Å². The molecule has 0 saturated carbocycles. The number of hydrogen-bond acceptors (Lipinski definition) is 4. The first-order valence-corrected chi connectivity index (χ1v) is 5.45. The van der Waals surface area contributed by atoms with Crippen LogP contribution in [-0.4, -0.2) is 44.5 Å². The van der Waals surface area contributed by atoms with Crippen LogP contribution < -0.4 is 0 Å². The van der Waals surface area contributed by atoms with Crippen LogP contribution in [0.3, 0.4) is 0 Å². The lowest BCUT2D eigenvalue weighted by Gasteiger charge is -2.14. The minimum atomic E-state index is 0.308. The smallest absolute Gasteiger partial charge is 0.140 e. The van der Waals surface area contributed by atoms with Crippen molar-refractivity contribution in [3.63, 3.8) is 0 Å². The van der Waals surface area contributed by atoms with Gasteiger partial charge in [-0.15, -0.1) is 0 Å². The molecule has 0 radical (unpaired) electrons. The van der Waals surface area contributed by atoms with E-state index in [9.17, 15) is 0 Å². The van der Waals surface area contributed by atoms with Crippen LogP contribution >= 0.6 is 0 Å². The van der Waals surface area contributed by atoms with E-state index >= 15 is 0 Å². The molecule has 1 aromatic rings. The SMILES string of the molecule is Cn1ncnc1CN1CCC(CCO)C1. The zero-order valence-corrected chi connectivity index (χ0v) is 9.13. The van der Waals surface area contributed by atoms with Gasteiger partial charge < -0.3 is 5.11 Å². The molecule has 0 aromatic carbocycles. The van der Waals surface area contributed by atoms with Gasteiger partial charge in [0.05, 0.1) is 6.54 Å². The predicted molar refractivity (Wildman–Crippen MR) is 56.1 cm³/mol. The van der Waals surface area contributed by atoms with Gasteiger partial charge in [-0.1, -0.05) is 0 Å². The molecule has 1 N–H and O–H groups in total. The van der Waals surface area contributed by atoms with Crippen molar-refractivity contribution in [2.45, 2.75) is 19.4 Å². The normalized spacial score (nSPS) is 22.4. The molecule has 5 heteroatoms. The Morgan fingerprint density at radius 2 is 2.47 bits per heavy atom. The lowest BCUT2D eigenvalue weighted by atomic mass is 10.1. The number of aliphatic hydroxyl groups excluding tert-OH is 1. The Bertz CT molecular complexity index is 312. The quantitative estimate of drug-likeness (QED) is 0.761. The third kappa shape index (κ3) is 2.54. The summed E-state index contributed by atoms with van der Waals surface area (Å²) in [7, 11) is 1.92. The van der Waals surface area contributed by atoms with Gasteiger partial charge in [-0.25, -0.2) is 4.98 Å². The molecular weight excluding hydrogens is 192 g/mol. The van der Waals surface area contributed by atoms with Gasteiger partial charge >= 0.3 is 0 Å². The number of hydrogen-bond donors (Lipinski definition) is 1. The van der Waals surface area contributed by atoms with E-state index in [0.717, 1.165) is 31.9 Å². The van der Waals surface area contributed by atoms with Crippen LogP contribution in [-0.2, 0) is 13.6 Å². The molecule has 0 spiro atoms. The second-order valence-corrected chi connectivity index (χ2v) is 4.20. The number of aromatic nitrogens is 3. The van der Waals surface area contributed by atoms with Crippen molar-refractivity contribution in [2.75, 3.05) is 19.7 Å². The molecule has 1 fully saturated rings. The molecule has 1 unspecified atom stereocenters. The minimum absolute atomic E-state index is 0.308. The van der Waals surface area contributed by atoms with Crippen molar-refractivity contribution in [1.29, 1.82) is 0 Å². The lowest BCUT2D eigenvalue weighted by Crippen LogP contribution is -2.22. The molecule has 5 nitrogen and oxygen atoms in total. The van der Waals surface area contributed by atoms with Gasteiger partial charge in [-0.2, -0.15) is 5.10 Å². The number of nitrogens with zero attached hydrogens (tertiary/aromatic N) is 4. The Kier molecular flexibility index (Phi) is 3.33. The second-order valence-electron chi connectivity index (χ2n) is 4.20. The van der Waals surface area contributed by atoms with Crippen molar-refractivity contribution in [1.82, 2.24) is 19.7 Å². The van der Waals surface area contributed by atoms with E-state index in [2.05, 4.69) is 15.0 Å². The van der Waals surface area contributed by atoms with E-state index < -0.39 is 0 Å². The van der Waals surface area contributed by atoms with E-state index in [0.29, 0.717) is 12.5 Å². The van der Waals surface area contributed by atoms with Crippen molar-refractivity contribution < 1.29 is 5.11 Å². The molecule has 1 atom stereocenters. The van der Waals surface area contributed by atoms with E-state index in [1.807, 2.05) is 11.7 Å². The Morgan fingerprint density at radius 1 is 1.60 bits per heavy atom. The molecule has 15 heavy (non-hydrogen) atoms. The fraction of sp³-hybridized carbons (Fsp3) is 0.800. The van der Waals surface area contributed by atoms with Crippen molar-refractivity contribution in [3.05, 3.63) is 12.2 Å². The largest absolute Gasteiger partial charge is 0.396 e. The Labute approximate surface area is 89.7 Å². The maximum atomic E-state index is 8.87. The average molecular weight is 210 g/mol. The summed E-state index contributed by atoms with van der Waals surface area (Å²) in [5.74, 6) is 1.67. The Balaban J connectivity index is 1.85. The van der Waals surface area contributed by atoms with Crippen LogP contribution in [0.25, 0.3) is 0 Å². The van der Waals surface area contributed by atoms with Crippen LogP contribution in [0.4, 0.5) is 0 Å². The molecular formula is C10H18N4O. The number of likely N-dealkylation sites (tertiary alicyclic amines) is 1. The molecule has 1 aromatic heterocycles. The maximum Gasteiger partial charge on any atom is 0.140 e. The average Bonchev–Trinajstić information content (AvgIpc) is 2.79. The molecule has 1 aliphatic rings. The topological polar surface area (TPSA) is 54.2 Å². The van der Waals surface area contributed by atoms with Crippen molar-refractivity contribution >= 4 is 0 Å². The van der Waals surface area contributed by atoms with Crippen molar-refractivity contribution in [2.24, 2.45) is 13.0 Å². The molecule has 2 heterocycles. The maximum absolute atomic E-state index is 8.87. The Hall–Kier alpha value is -0.940. The molecule has 0 aliphatic carbocycles. The van der Waals surface area contributed by atoms with Crippen LogP contribution in [0.2, 0.25) is 0 Å². The highest BCUT2D eigenvalue weighted by atomic mass is 16.3. The summed E-state index contributed by atoms with van der Waals surface area (Å²) >= 11 is 0. The standard InChI is InChI=1S/C10H18N4O/c1-13-10(11-8-12-13)7-14-4-2-9(6-14)3-5-15/h8-9,15H,2-7H2,1H3. The van der Waals surface area contributed by atoms with Gasteiger partial charge in [-0.3, -0.25) is 9.58 Å². The summed E-state index contributed by atoms with van der Waals surface area (Å²) in [5.41, 5.74) is 0. The molecule has 0 amide bonds. The van der Waals surface area contributed by atoms with Crippen LogP contribution in [0.5, 0.6) is 0 Å². The highest BCUT2D eigenvalue weighted by molar-refractivity contribution is 4.86. The number of aryl methyl sites for hydroxylation is 1. The van der Waals surface area contributed by atoms with Gasteiger partial charge in [0, 0.05) is 20.2 Å². The Morgan fingerprint density at radius 3 is 3.13 bits per heavy atom. The van der Waals surface area contributed by atoms with Gasteiger partial charge in [-0.05, 0) is 25.3 Å². The van der Waals surface area contributed by atoms with E-state index in [1.165, 1.54) is 6.42 Å². The third-order valence-electron chi connectivity index (χ3n) is 3.08. The molecule has 2 rings (SSSR count). The molecule has 84 valence electrons. The summed E-state index contributed by atoms with van der Waals surface area (Å²) < 4.78 is 1.82. The fourth-order valence-electron chi connectivity index (χ4n) is 2.14. The van der Waals surface area contributed by atoms with Gasteiger partial charge in [0.15, 0.2) is 0 Å². The summed E-state index contributed by atoms with van der Waals surface area (Å²) in [6, 6.07) is 0. The summed E-state index contributed by atoms with van der Waals surface area (Å²) in [6.45, 7) is 3.37. The first-order valence-electron chi connectivity index (χ1n) is 5.45. The molecule has 0 bridgehead atoms. The first-order chi connectivity index (χ1) is 7.29. The first kappa shape index (κ1) is 10.6. The third-order valence-corrected chi connectivity index (χ3v) is 3.08. The second kappa shape index (κ2) is 4.72. The highest BCUT2D eigenvalue weighted by Crippen LogP contribution is 2.20. The van der Waals surface area contributed by atoms with E-state index in [1.54, 1.807) is 6.33 Å². The van der Waals surface area contributed by atoms with Gasteiger partial charge in [0.25, 0.3) is 0 Å². The van der Waals surface area contributed by atoms with Crippen LogP contribution in [0.1, 0.15) is 18.7 Å². The van der Waals surface area contributed by atoms with Crippen LogP contribution in [0, 0.1) is 5.92 Å². The number of aliphatic hydroxyl groups is 1. The van der Waals surface area contributed by atoms with Crippen molar-refractivity contribution in [3.8, 4) is 0 Å². The fourth-order valence-corrected chi connectivity index (χ4v) is 2.14. The summed E-state index contributed by atoms with van der Waals surface area (Å²) in [5, 5.41) is 12.9. The van der Waals surface area contributed by atoms with E-state index in [-0.39, 0.29) is 0 Å². The highest BCUT2D eigenvalue weighted by Gasteiger charge is 2.22. The lowest BCUT2D eigenvalue weighted by molar-refractivity contribution is 0.247. The zero-order valence-electron chi connectivity index (χ0n) is 9.13. The zero-order chi connectivity index (χ0) is 10.7. The minimum Gasteiger partial charge on any atom is -0.396 e. The predicted octanol–water partition coefficient (Wildman–Crippen LogP) is 0.0194. The summed E-state index contributed by atoms with van der Waals surface area (Å²) in [6.07, 6.45) is 3.71.